The zero-order valence-corrected chi connectivity index (χ0v) is 25.5. The van der Waals surface area contributed by atoms with Crippen molar-refractivity contribution in [2.75, 3.05) is 38.7 Å². The Hall–Kier alpha value is -3.87. The van der Waals surface area contributed by atoms with Crippen LogP contribution in [0.3, 0.4) is 0 Å². The second-order valence-electron chi connectivity index (χ2n) is 10.1. The van der Waals surface area contributed by atoms with Gasteiger partial charge in [-0.25, -0.2) is 9.59 Å². The number of aliphatic hydroxyl groups is 1. The van der Waals surface area contributed by atoms with Crippen LogP contribution in [0.25, 0.3) is 0 Å². The van der Waals surface area contributed by atoms with Gasteiger partial charge in [-0.2, -0.15) is 11.8 Å². The Bertz CT molecular complexity index is 1200. The summed E-state index contributed by atoms with van der Waals surface area (Å²) in [4.78, 5) is 51.4. The summed E-state index contributed by atoms with van der Waals surface area (Å²) in [6.07, 6.45) is 2.98. The van der Waals surface area contributed by atoms with Crippen LogP contribution in [-0.4, -0.2) is 79.8 Å². The minimum atomic E-state index is -0.997. The molecule has 238 valence electrons. The molecule has 3 atom stereocenters. The maximum atomic E-state index is 13.3. The second kappa shape index (κ2) is 20.2. The fourth-order valence-corrected chi connectivity index (χ4v) is 5.26. The quantitative estimate of drug-likeness (QED) is 0.141. The lowest BCUT2D eigenvalue weighted by atomic mass is 9.98. The summed E-state index contributed by atoms with van der Waals surface area (Å²) < 4.78 is 16.0. The van der Waals surface area contributed by atoms with Crippen LogP contribution in [0.5, 0.6) is 0 Å². The highest BCUT2D eigenvalue weighted by atomic mass is 32.2. The van der Waals surface area contributed by atoms with Crippen LogP contribution in [0.15, 0.2) is 72.8 Å². The van der Waals surface area contributed by atoms with Crippen molar-refractivity contribution in [3.63, 3.8) is 0 Å². The average molecular weight is 628 g/mol. The number of thioether (sulfide) groups is 1. The number of aliphatic hydroxyl groups excluding tert-OH is 1. The van der Waals surface area contributed by atoms with Gasteiger partial charge in [0.2, 0.25) is 11.8 Å². The number of alkyl carbamates (subject to hydrolysis) is 1. The zero-order chi connectivity index (χ0) is 31.4. The molecule has 1 aliphatic rings. The average Bonchev–Trinajstić information content (AvgIpc) is 3.03. The molecule has 3 rings (SSSR count). The predicted molar refractivity (Wildman–Crippen MR) is 166 cm³/mol. The van der Waals surface area contributed by atoms with Gasteiger partial charge in [0.05, 0.1) is 31.8 Å². The molecule has 0 spiro atoms. The molecular formula is C32H41N3O8S. The molecule has 3 amide bonds. The molecule has 12 heteroatoms. The fourth-order valence-electron chi connectivity index (χ4n) is 4.25. The van der Waals surface area contributed by atoms with E-state index in [0.29, 0.717) is 11.5 Å². The molecule has 0 radical (unpaired) electrons. The van der Waals surface area contributed by atoms with Crippen molar-refractivity contribution in [2.45, 2.75) is 43.7 Å². The molecule has 4 N–H and O–H groups in total. The standard InChI is InChI=1S/C32H41N3O8S/c36-16-18-41-17-15-33-29(37)19-26-13-7-8-14-28(35-32(40)43-20-24-9-3-1-4-10-24)31(39)42-21-27(34-30(26)38)23-44-22-25-11-5-2-6-12-25/h1-12,26-28,36H,13-23H2,(H,33,37)(H,34,38)(H,35,40). The molecule has 0 aromatic heterocycles. The Labute approximate surface area is 262 Å². The van der Waals surface area contributed by atoms with Crippen LogP contribution in [0.1, 0.15) is 30.4 Å². The van der Waals surface area contributed by atoms with E-state index in [4.69, 9.17) is 19.3 Å². The molecule has 0 fully saturated rings. The summed E-state index contributed by atoms with van der Waals surface area (Å²) >= 11 is 1.58. The number of amides is 3. The lowest BCUT2D eigenvalue weighted by molar-refractivity contribution is -0.147. The van der Waals surface area contributed by atoms with Gasteiger partial charge in [0.15, 0.2) is 0 Å². The van der Waals surface area contributed by atoms with Gasteiger partial charge in [0, 0.05) is 24.5 Å². The first-order valence-corrected chi connectivity index (χ1v) is 15.8. The monoisotopic (exact) mass is 627 g/mol. The van der Waals surface area contributed by atoms with E-state index in [1.165, 1.54) is 0 Å². The molecule has 0 saturated heterocycles. The number of benzene rings is 2. The number of carbonyl (C=O) groups is 4. The highest BCUT2D eigenvalue weighted by Gasteiger charge is 2.27. The summed E-state index contributed by atoms with van der Waals surface area (Å²) in [6.45, 7) is 0.528. The molecule has 3 unspecified atom stereocenters. The lowest BCUT2D eigenvalue weighted by Gasteiger charge is -2.24. The highest BCUT2D eigenvalue weighted by Crippen LogP contribution is 2.16. The minimum absolute atomic E-state index is 0.0483. The second-order valence-corrected chi connectivity index (χ2v) is 11.2. The van der Waals surface area contributed by atoms with Crippen LogP contribution < -0.4 is 16.0 Å². The number of hydrogen-bond acceptors (Lipinski definition) is 9. The van der Waals surface area contributed by atoms with Crippen molar-refractivity contribution >= 4 is 35.6 Å². The lowest BCUT2D eigenvalue weighted by Crippen LogP contribution is -2.47. The Kier molecular flexibility index (Phi) is 15.9. The first-order valence-electron chi connectivity index (χ1n) is 14.6. The summed E-state index contributed by atoms with van der Waals surface area (Å²) in [5.74, 6) is -0.766. The summed E-state index contributed by atoms with van der Waals surface area (Å²) in [6, 6.07) is 17.5. The molecule has 2 aromatic carbocycles. The first kappa shape index (κ1) is 34.6. The Balaban J connectivity index is 1.65. The summed E-state index contributed by atoms with van der Waals surface area (Å²) in [5.41, 5.74) is 1.93. The molecule has 44 heavy (non-hydrogen) atoms. The maximum Gasteiger partial charge on any atom is 0.408 e. The van der Waals surface area contributed by atoms with Crippen molar-refractivity contribution in [3.05, 3.63) is 83.9 Å². The molecule has 1 aliphatic heterocycles. The Morgan fingerprint density at radius 3 is 2.41 bits per heavy atom. The molecule has 0 aliphatic carbocycles. The number of nitrogens with one attached hydrogen (secondary N) is 3. The van der Waals surface area contributed by atoms with Crippen molar-refractivity contribution in [2.24, 2.45) is 5.92 Å². The van der Waals surface area contributed by atoms with E-state index < -0.39 is 30.1 Å². The Morgan fingerprint density at radius 2 is 1.68 bits per heavy atom. The van der Waals surface area contributed by atoms with Crippen LogP contribution >= 0.6 is 11.8 Å². The molecule has 0 bridgehead atoms. The molecule has 11 nitrogen and oxygen atoms in total. The normalized spacial score (nSPS) is 19.1. The van der Waals surface area contributed by atoms with Crippen LogP contribution in [-0.2, 0) is 41.0 Å². The largest absolute Gasteiger partial charge is 0.462 e. The number of cyclic esters (lactones) is 1. The van der Waals surface area contributed by atoms with Crippen molar-refractivity contribution < 1.29 is 38.5 Å². The van der Waals surface area contributed by atoms with Gasteiger partial charge in [-0.1, -0.05) is 72.8 Å². The third-order valence-corrected chi connectivity index (χ3v) is 7.73. The highest BCUT2D eigenvalue weighted by molar-refractivity contribution is 7.98. The number of ether oxygens (including phenoxy) is 3. The zero-order valence-electron chi connectivity index (χ0n) is 24.7. The van der Waals surface area contributed by atoms with E-state index in [9.17, 15) is 19.2 Å². The van der Waals surface area contributed by atoms with E-state index in [2.05, 4.69) is 16.0 Å². The van der Waals surface area contributed by atoms with Gasteiger partial charge in [0.25, 0.3) is 0 Å². The number of carbonyl (C=O) groups excluding carboxylic acids is 4. The number of hydrogen-bond donors (Lipinski definition) is 4. The van der Waals surface area contributed by atoms with Crippen molar-refractivity contribution in [1.29, 1.82) is 0 Å². The Morgan fingerprint density at radius 1 is 0.977 bits per heavy atom. The predicted octanol–water partition coefficient (Wildman–Crippen LogP) is 2.72. The minimum Gasteiger partial charge on any atom is -0.462 e. The third-order valence-electron chi connectivity index (χ3n) is 6.56. The van der Waals surface area contributed by atoms with Crippen LogP contribution in [0.2, 0.25) is 0 Å². The maximum absolute atomic E-state index is 13.3. The third kappa shape index (κ3) is 13.6. The molecule has 0 saturated carbocycles. The number of rotatable bonds is 14. The molecule has 2 aromatic rings. The molecular weight excluding hydrogens is 586 g/mol. The van der Waals surface area contributed by atoms with Crippen molar-refractivity contribution in [1.82, 2.24) is 16.0 Å². The summed E-state index contributed by atoms with van der Waals surface area (Å²) in [5, 5.41) is 17.1. The number of esters is 1. The SMILES string of the molecule is O=C(CC1CC=CCC(NC(=O)OCc2ccccc2)C(=O)OCC(CSCc2ccccc2)NC1=O)NCCOCCO. The topological polar surface area (TPSA) is 152 Å². The fraction of sp³-hybridized carbons (Fsp3) is 0.438. The van der Waals surface area contributed by atoms with E-state index in [1.54, 1.807) is 23.9 Å². The van der Waals surface area contributed by atoms with Crippen molar-refractivity contribution in [3.8, 4) is 0 Å². The van der Waals surface area contributed by atoms with Gasteiger partial charge in [-0.05, 0) is 24.0 Å². The van der Waals surface area contributed by atoms with Crippen LogP contribution in [0, 0.1) is 5.92 Å². The number of allylic oxidation sites excluding steroid dienone is 1. The van der Waals surface area contributed by atoms with Gasteiger partial charge >= 0.3 is 12.1 Å². The van der Waals surface area contributed by atoms with E-state index in [1.807, 2.05) is 60.7 Å². The first-order chi connectivity index (χ1) is 21.4. The molecule has 1 heterocycles. The van der Waals surface area contributed by atoms with E-state index in [-0.39, 0.29) is 70.7 Å². The van der Waals surface area contributed by atoms with E-state index >= 15 is 0 Å². The van der Waals surface area contributed by atoms with Gasteiger partial charge in [-0.15, -0.1) is 0 Å². The summed E-state index contributed by atoms with van der Waals surface area (Å²) in [7, 11) is 0. The smallest absolute Gasteiger partial charge is 0.408 e. The van der Waals surface area contributed by atoms with E-state index in [0.717, 1.165) is 11.1 Å². The van der Waals surface area contributed by atoms with Gasteiger partial charge in [-0.3, -0.25) is 9.59 Å². The van der Waals surface area contributed by atoms with Gasteiger partial charge in [0.1, 0.15) is 19.3 Å². The van der Waals surface area contributed by atoms with Gasteiger partial charge < -0.3 is 35.3 Å². The van der Waals surface area contributed by atoms with Crippen LogP contribution in [0.4, 0.5) is 4.79 Å².